The van der Waals surface area contributed by atoms with Crippen LogP contribution in [0, 0.1) is 6.92 Å². The molecule has 1 aromatic carbocycles. The molecule has 1 aliphatic heterocycles. The Morgan fingerprint density at radius 2 is 1.86 bits per heavy atom. The Hall–Kier alpha value is -3.41. The van der Waals surface area contributed by atoms with Crippen LogP contribution in [0.25, 0.3) is 0 Å². The van der Waals surface area contributed by atoms with Gasteiger partial charge in [0.15, 0.2) is 0 Å². The summed E-state index contributed by atoms with van der Waals surface area (Å²) in [6.45, 7) is 5.71. The number of aromatic nitrogens is 2. The van der Waals surface area contributed by atoms with Crippen LogP contribution >= 0.6 is 0 Å². The van der Waals surface area contributed by atoms with E-state index in [1.165, 1.54) is 11.1 Å². The van der Waals surface area contributed by atoms with Crippen LogP contribution in [0.1, 0.15) is 21.6 Å². The molecule has 2 aromatic heterocycles. The van der Waals surface area contributed by atoms with E-state index in [4.69, 9.17) is 0 Å². The van der Waals surface area contributed by atoms with E-state index in [0.717, 1.165) is 31.1 Å². The molecule has 0 unspecified atom stereocenters. The van der Waals surface area contributed by atoms with E-state index in [1.807, 2.05) is 29.2 Å². The Morgan fingerprint density at radius 3 is 2.55 bits per heavy atom. The van der Waals surface area contributed by atoms with Crippen molar-refractivity contribution in [3.8, 4) is 0 Å². The van der Waals surface area contributed by atoms with Crippen LogP contribution in [0.2, 0.25) is 0 Å². The lowest BCUT2D eigenvalue weighted by Gasteiger charge is -2.35. The van der Waals surface area contributed by atoms with Crippen LogP contribution in [-0.2, 0) is 6.54 Å². The number of carbonyl (C=O) groups excluding carboxylic acids is 1. The predicted octanol–water partition coefficient (Wildman–Crippen LogP) is 3.36. The summed E-state index contributed by atoms with van der Waals surface area (Å²) in [7, 11) is 0. The van der Waals surface area contributed by atoms with Crippen molar-refractivity contribution >= 4 is 17.4 Å². The van der Waals surface area contributed by atoms with E-state index in [-0.39, 0.29) is 5.91 Å². The number of nitrogens with one attached hydrogen (secondary N) is 1. The van der Waals surface area contributed by atoms with Gasteiger partial charge in [0.05, 0.1) is 11.9 Å². The predicted molar refractivity (Wildman–Crippen MR) is 115 cm³/mol. The summed E-state index contributed by atoms with van der Waals surface area (Å²) in [5.41, 5.74) is 3.85. The number of amides is 1. The molecule has 0 radical (unpaired) electrons. The van der Waals surface area contributed by atoms with Gasteiger partial charge in [0, 0.05) is 38.9 Å². The molecule has 1 aliphatic rings. The molecule has 6 heteroatoms. The average Bonchev–Trinajstić information content (AvgIpc) is 2.78. The first-order valence-corrected chi connectivity index (χ1v) is 9.90. The monoisotopic (exact) mass is 387 g/mol. The van der Waals surface area contributed by atoms with E-state index in [1.54, 1.807) is 18.5 Å². The zero-order valence-corrected chi connectivity index (χ0v) is 16.6. The number of hydrogen-bond acceptors (Lipinski definition) is 5. The number of pyridine rings is 2. The van der Waals surface area contributed by atoms with E-state index in [0.29, 0.717) is 18.8 Å². The maximum atomic E-state index is 12.8. The fourth-order valence-electron chi connectivity index (χ4n) is 3.49. The normalized spacial score (nSPS) is 14.0. The molecule has 4 rings (SSSR count). The van der Waals surface area contributed by atoms with Gasteiger partial charge in [-0.1, -0.05) is 35.9 Å². The third-order valence-corrected chi connectivity index (χ3v) is 5.10. The summed E-state index contributed by atoms with van der Waals surface area (Å²) in [6, 6.07) is 18.0. The highest BCUT2D eigenvalue weighted by Gasteiger charge is 2.23. The summed E-state index contributed by atoms with van der Waals surface area (Å²) >= 11 is 0. The van der Waals surface area contributed by atoms with Crippen LogP contribution in [-0.4, -0.2) is 47.0 Å². The topological polar surface area (TPSA) is 61.4 Å². The Balaban J connectivity index is 1.31. The molecular formula is C23H25N5O. The third kappa shape index (κ3) is 4.71. The Morgan fingerprint density at radius 1 is 1.00 bits per heavy atom. The summed E-state index contributed by atoms with van der Waals surface area (Å²) in [6.07, 6.45) is 3.53. The number of piperazine rings is 1. The molecule has 1 fully saturated rings. The van der Waals surface area contributed by atoms with Crippen molar-refractivity contribution in [3.63, 3.8) is 0 Å². The van der Waals surface area contributed by atoms with Crippen molar-refractivity contribution in [2.75, 3.05) is 36.4 Å². The van der Waals surface area contributed by atoms with Crippen LogP contribution in [0.3, 0.4) is 0 Å². The molecule has 148 valence electrons. The molecule has 1 N–H and O–H groups in total. The molecule has 6 nitrogen and oxygen atoms in total. The lowest BCUT2D eigenvalue weighted by molar-refractivity contribution is 0.0740. The van der Waals surface area contributed by atoms with E-state index in [9.17, 15) is 4.79 Å². The average molecular weight is 387 g/mol. The van der Waals surface area contributed by atoms with Gasteiger partial charge in [0.2, 0.25) is 0 Å². The molecule has 0 spiro atoms. The Kier molecular flexibility index (Phi) is 5.70. The van der Waals surface area contributed by atoms with Crippen molar-refractivity contribution in [1.29, 1.82) is 0 Å². The Labute approximate surface area is 171 Å². The van der Waals surface area contributed by atoms with Crippen LogP contribution in [0.4, 0.5) is 11.5 Å². The van der Waals surface area contributed by atoms with Crippen LogP contribution in [0.15, 0.2) is 67.0 Å². The highest BCUT2D eigenvalue weighted by molar-refractivity contribution is 5.92. The maximum Gasteiger partial charge on any atom is 0.272 e. The molecule has 1 amide bonds. The zero-order chi connectivity index (χ0) is 20.1. The minimum Gasteiger partial charge on any atom is -0.380 e. The summed E-state index contributed by atoms with van der Waals surface area (Å²) in [5.74, 6) is 0.942. The molecule has 1 saturated heterocycles. The van der Waals surface area contributed by atoms with Gasteiger partial charge in [0.1, 0.15) is 11.5 Å². The number of hydrogen-bond donors (Lipinski definition) is 1. The van der Waals surface area contributed by atoms with E-state index < -0.39 is 0 Å². The highest BCUT2D eigenvalue weighted by atomic mass is 16.2. The number of rotatable bonds is 5. The number of nitrogens with zero attached hydrogens (tertiary/aromatic N) is 4. The van der Waals surface area contributed by atoms with Gasteiger partial charge in [-0.05, 0) is 36.8 Å². The van der Waals surface area contributed by atoms with Gasteiger partial charge >= 0.3 is 0 Å². The van der Waals surface area contributed by atoms with Gasteiger partial charge < -0.3 is 15.1 Å². The lowest BCUT2D eigenvalue weighted by atomic mass is 10.1. The van der Waals surface area contributed by atoms with Crippen molar-refractivity contribution < 1.29 is 4.79 Å². The Bertz CT molecular complexity index is 951. The first-order chi connectivity index (χ1) is 14.2. The number of anilines is 2. The molecule has 0 aliphatic carbocycles. The quantitative estimate of drug-likeness (QED) is 0.727. The smallest absolute Gasteiger partial charge is 0.272 e. The molecule has 0 bridgehead atoms. The van der Waals surface area contributed by atoms with Crippen molar-refractivity contribution in [3.05, 3.63) is 83.8 Å². The summed E-state index contributed by atoms with van der Waals surface area (Å²) in [5, 5.41) is 3.36. The highest BCUT2D eigenvalue weighted by Crippen LogP contribution is 2.15. The van der Waals surface area contributed by atoms with Gasteiger partial charge in [-0.3, -0.25) is 4.79 Å². The van der Waals surface area contributed by atoms with Crippen molar-refractivity contribution in [2.24, 2.45) is 0 Å². The SMILES string of the molecule is Cc1cccc(CNc2ccc(C(=O)N3CCN(c4ccccn4)CC3)nc2)c1. The second kappa shape index (κ2) is 8.73. The molecular weight excluding hydrogens is 362 g/mol. The molecule has 3 heterocycles. The fourth-order valence-corrected chi connectivity index (χ4v) is 3.49. The number of carbonyl (C=O) groups is 1. The second-order valence-electron chi connectivity index (χ2n) is 7.24. The zero-order valence-electron chi connectivity index (χ0n) is 16.6. The van der Waals surface area contributed by atoms with Crippen LogP contribution < -0.4 is 10.2 Å². The van der Waals surface area contributed by atoms with Crippen molar-refractivity contribution in [1.82, 2.24) is 14.9 Å². The largest absolute Gasteiger partial charge is 0.380 e. The van der Waals surface area contributed by atoms with Crippen LogP contribution in [0.5, 0.6) is 0 Å². The molecule has 0 atom stereocenters. The van der Waals surface area contributed by atoms with E-state index in [2.05, 4.69) is 51.4 Å². The minimum atomic E-state index is -0.0177. The first kappa shape index (κ1) is 18.9. The van der Waals surface area contributed by atoms with Gasteiger partial charge in [-0.2, -0.15) is 0 Å². The lowest BCUT2D eigenvalue weighted by Crippen LogP contribution is -2.49. The minimum absolute atomic E-state index is 0.0177. The maximum absolute atomic E-state index is 12.8. The number of benzene rings is 1. The summed E-state index contributed by atoms with van der Waals surface area (Å²) < 4.78 is 0. The number of aryl methyl sites for hydroxylation is 1. The van der Waals surface area contributed by atoms with Gasteiger partial charge in [0.25, 0.3) is 5.91 Å². The van der Waals surface area contributed by atoms with Gasteiger partial charge in [-0.25, -0.2) is 9.97 Å². The second-order valence-corrected chi connectivity index (χ2v) is 7.24. The summed E-state index contributed by atoms with van der Waals surface area (Å²) in [4.78, 5) is 25.6. The standard InChI is InChI=1S/C23H25N5O/c1-18-5-4-6-19(15-18)16-25-20-8-9-21(26-17-20)23(29)28-13-11-27(12-14-28)22-7-2-3-10-24-22/h2-10,15,17,25H,11-14,16H2,1H3. The van der Waals surface area contributed by atoms with E-state index >= 15 is 0 Å². The van der Waals surface area contributed by atoms with Gasteiger partial charge in [-0.15, -0.1) is 0 Å². The van der Waals surface area contributed by atoms with Crippen molar-refractivity contribution in [2.45, 2.75) is 13.5 Å². The first-order valence-electron chi connectivity index (χ1n) is 9.90. The molecule has 3 aromatic rings. The molecule has 0 saturated carbocycles. The fraction of sp³-hybridized carbons (Fsp3) is 0.261. The molecule has 29 heavy (non-hydrogen) atoms. The third-order valence-electron chi connectivity index (χ3n) is 5.10.